The van der Waals surface area contributed by atoms with E-state index in [2.05, 4.69) is 14.7 Å². The number of fused-ring (bicyclic) bond motifs is 1. The predicted molar refractivity (Wildman–Crippen MR) is 86.9 cm³/mol. The Balaban J connectivity index is 1.56. The molecule has 1 aliphatic rings. The Kier molecular flexibility index (Phi) is 4.64. The molecule has 0 saturated carbocycles. The molecule has 8 nitrogen and oxygen atoms in total. The number of halogens is 1. The number of benzene rings is 1. The number of nitrogens with zero attached hydrogens (tertiary/aromatic N) is 3. The Labute approximate surface area is 143 Å². The van der Waals surface area contributed by atoms with E-state index in [-0.39, 0.29) is 24.8 Å². The zero-order valence-corrected chi connectivity index (χ0v) is 14.0. The fraction of sp³-hybridized carbons (Fsp3) is 0.267. The van der Waals surface area contributed by atoms with Crippen LogP contribution in [0.5, 0.6) is 0 Å². The number of sulfonamides is 1. The van der Waals surface area contributed by atoms with Crippen molar-refractivity contribution in [1.29, 1.82) is 0 Å². The van der Waals surface area contributed by atoms with Gasteiger partial charge in [-0.2, -0.15) is 0 Å². The first-order valence-corrected chi connectivity index (χ1v) is 8.97. The molecule has 0 bridgehead atoms. The van der Waals surface area contributed by atoms with E-state index in [1.807, 2.05) is 0 Å². The van der Waals surface area contributed by atoms with Gasteiger partial charge in [0.25, 0.3) is 0 Å². The molecule has 0 spiro atoms. The second kappa shape index (κ2) is 6.73. The van der Waals surface area contributed by atoms with Gasteiger partial charge in [0.05, 0.1) is 12.2 Å². The van der Waals surface area contributed by atoms with Crippen molar-refractivity contribution in [1.82, 2.24) is 19.6 Å². The molecule has 2 aromatic rings. The van der Waals surface area contributed by atoms with Crippen LogP contribution in [0.1, 0.15) is 17.7 Å². The summed E-state index contributed by atoms with van der Waals surface area (Å²) >= 11 is 0. The number of amides is 1. The fourth-order valence-electron chi connectivity index (χ4n) is 2.54. The molecule has 0 radical (unpaired) electrons. The fourth-order valence-corrected chi connectivity index (χ4v) is 3.64. The number of carbonyl (C=O) groups excluding carboxylic acids is 1. The van der Waals surface area contributed by atoms with Crippen molar-refractivity contribution in [2.75, 3.05) is 12.3 Å². The zero-order chi connectivity index (χ0) is 18.0. The molecule has 3 rings (SSSR count). The molecule has 0 saturated heterocycles. The first-order chi connectivity index (χ1) is 11.9. The summed E-state index contributed by atoms with van der Waals surface area (Å²) in [5.74, 6) is -0.939. The highest BCUT2D eigenvalue weighted by Crippen LogP contribution is 2.21. The number of aromatic nitrogens is 2. The van der Waals surface area contributed by atoms with Gasteiger partial charge in [0.2, 0.25) is 21.9 Å². The number of nitrogens with one attached hydrogen (secondary N) is 1. The summed E-state index contributed by atoms with van der Waals surface area (Å²) in [6.45, 7) is 0.533. The van der Waals surface area contributed by atoms with Crippen molar-refractivity contribution in [2.24, 2.45) is 0 Å². The Morgan fingerprint density at radius 3 is 2.84 bits per heavy atom. The lowest BCUT2D eigenvalue weighted by Crippen LogP contribution is -2.32. The summed E-state index contributed by atoms with van der Waals surface area (Å²) in [6.07, 6.45) is 1.52. The molecule has 1 amide bonds. The lowest BCUT2D eigenvalue weighted by molar-refractivity contribution is -0.131. The molecule has 0 unspecified atom stereocenters. The second-order valence-electron chi connectivity index (χ2n) is 5.53. The molecule has 1 aliphatic heterocycles. The van der Waals surface area contributed by atoms with E-state index >= 15 is 0 Å². The number of rotatable bonds is 5. The third-order valence-corrected chi connectivity index (χ3v) is 5.28. The van der Waals surface area contributed by atoms with Crippen LogP contribution in [0.2, 0.25) is 0 Å². The van der Waals surface area contributed by atoms with Crippen molar-refractivity contribution in [3.8, 4) is 0 Å². The van der Waals surface area contributed by atoms with Crippen molar-refractivity contribution in [3.05, 3.63) is 47.5 Å². The summed E-state index contributed by atoms with van der Waals surface area (Å²) in [5.41, 5.74) is 7.02. The van der Waals surface area contributed by atoms with Crippen molar-refractivity contribution < 1.29 is 17.6 Å². The lowest BCUT2D eigenvalue weighted by Gasteiger charge is -2.15. The molecule has 1 aromatic heterocycles. The summed E-state index contributed by atoms with van der Waals surface area (Å²) in [4.78, 5) is 21.3. The van der Waals surface area contributed by atoms with Gasteiger partial charge in [0.15, 0.2) is 0 Å². The van der Waals surface area contributed by atoms with Gasteiger partial charge >= 0.3 is 0 Å². The van der Waals surface area contributed by atoms with Gasteiger partial charge in [-0.1, -0.05) is 12.1 Å². The van der Waals surface area contributed by atoms with E-state index in [4.69, 9.17) is 5.73 Å². The van der Waals surface area contributed by atoms with Crippen molar-refractivity contribution >= 4 is 21.9 Å². The number of hydrogen-bond acceptors (Lipinski definition) is 6. The first kappa shape index (κ1) is 17.2. The van der Waals surface area contributed by atoms with E-state index in [1.165, 1.54) is 23.1 Å². The predicted octanol–water partition coefficient (Wildman–Crippen LogP) is 0.409. The van der Waals surface area contributed by atoms with Crippen LogP contribution in [0.15, 0.2) is 35.4 Å². The Morgan fingerprint density at radius 2 is 2.08 bits per heavy atom. The van der Waals surface area contributed by atoms with E-state index < -0.39 is 20.7 Å². The molecule has 132 valence electrons. The molecule has 25 heavy (non-hydrogen) atoms. The molecular formula is C15H16FN5O3S. The van der Waals surface area contributed by atoms with Crippen LogP contribution in [-0.2, 0) is 27.9 Å². The zero-order valence-electron chi connectivity index (χ0n) is 13.1. The smallest absolute Gasteiger partial charge is 0.243 e. The minimum atomic E-state index is -4.00. The maximum absolute atomic E-state index is 13.6. The van der Waals surface area contributed by atoms with Crippen LogP contribution < -0.4 is 10.5 Å². The number of nitrogen functional groups attached to an aromatic ring is 1. The monoisotopic (exact) mass is 365 g/mol. The van der Waals surface area contributed by atoms with E-state index in [0.717, 1.165) is 11.6 Å². The normalized spacial score (nSPS) is 13.7. The average molecular weight is 365 g/mol. The molecule has 10 heteroatoms. The maximum atomic E-state index is 13.6. The SMILES string of the molecule is Nc1ncc2c(n1)CN(C(=O)CCNS(=O)(=O)c1ccccc1F)C2. The lowest BCUT2D eigenvalue weighted by atomic mass is 10.3. The highest BCUT2D eigenvalue weighted by atomic mass is 32.2. The molecule has 0 aliphatic carbocycles. The van der Waals surface area contributed by atoms with Crippen LogP contribution in [0.25, 0.3) is 0 Å². The number of hydrogen-bond donors (Lipinski definition) is 2. The third-order valence-electron chi connectivity index (χ3n) is 3.78. The minimum Gasteiger partial charge on any atom is -0.368 e. The van der Waals surface area contributed by atoms with Crippen LogP contribution in [0, 0.1) is 5.82 Å². The third kappa shape index (κ3) is 3.74. The largest absolute Gasteiger partial charge is 0.368 e. The van der Waals surface area contributed by atoms with E-state index in [1.54, 1.807) is 6.20 Å². The van der Waals surface area contributed by atoms with Crippen LogP contribution >= 0.6 is 0 Å². The Hall–Kier alpha value is -2.59. The van der Waals surface area contributed by atoms with Gasteiger partial charge in [0, 0.05) is 31.3 Å². The molecule has 0 atom stereocenters. The summed E-state index contributed by atoms with van der Waals surface area (Å²) < 4.78 is 39.9. The topological polar surface area (TPSA) is 118 Å². The molecule has 0 fully saturated rings. The molecular weight excluding hydrogens is 349 g/mol. The first-order valence-electron chi connectivity index (χ1n) is 7.49. The standard InChI is InChI=1S/C15H16FN5O3S/c16-11-3-1-2-4-13(11)25(23,24)19-6-5-14(22)21-8-10-7-18-15(17)20-12(10)9-21/h1-4,7,19H,5-6,8-9H2,(H2,17,18,20). The quantitative estimate of drug-likeness (QED) is 0.792. The van der Waals surface area contributed by atoms with Gasteiger partial charge < -0.3 is 10.6 Å². The highest BCUT2D eigenvalue weighted by Gasteiger charge is 2.25. The number of nitrogens with two attached hydrogens (primary N) is 1. The summed E-state index contributed by atoms with van der Waals surface area (Å²) in [5, 5.41) is 0. The average Bonchev–Trinajstić information content (AvgIpc) is 2.98. The number of anilines is 1. The van der Waals surface area contributed by atoms with Crippen LogP contribution in [-0.4, -0.2) is 35.7 Å². The maximum Gasteiger partial charge on any atom is 0.243 e. The minimum absolute atomic E-state index is 0.0510. The van der Waals surface area contributed by atoms with Gasteiger partial charge in [-0.15, -0.1) is 0 Å². The Morgan fingerprint density at radius 1 is 1.32 bits per heavy atom. The molecule has 3 N–H and O–H groups in total. The van der Waals surface area contributed by atoms with E-state index in [9.17, 15) is 17.6 Å². The Bertz CT molecular complexity index is 919. The number of carbonyl (C=O) groups is 1. The van der Waals surface area contributed by atoms with Gasteiger partial charge in [-0.3, -0.25) is 4.79 Å². The summed E-state index contributed by atoms with van der Waals surface area (Å²) in [6, 6.07) is 5.06. The van der Waals surface area contributed by atoms with Crippen molar-refractivity contribution in [3.63, 3.8) is 0 Å². The van der Waals surface area contributed by atoms with Gasteiger partial charge in [0.1, 0.15) is 10.7 Å². The molecule has 1 aromatic carbocycles. The van der Waals surface area contributed by atoms with Gasteiger partial charge in [-0.05, 0) is 12.1 Å². The van der Waals surface area contributed by atoms with E-state index in [0.29, 0.717) is 18.8 Å². The van der Waals surface area contributed by atoms with Crippen molar-refractivity contribution in [2.45, 2.75) is 24.4 Å². The second-order valence-corrected chi connectivity index (χ2v) is 7.26. The summed E-state index contributed by atoms with van der Waals surface area (Å²) in [7, 11) is -4.00. The molecule has 2 heterocycles. The van der Waals surface area contributed by atoms with Gasteiger partial charge in [-0.25, -0.2) is 27.5 Å². The highest BCUT2D eigenvalue weighted by molar-refractivity contribution is 7.89. The van der Waals surface area contributed by atoms with Crippen LogP contribution in [0.3, 0.4) is 0 Å². The van der Waals surface area contributed by atoms with Crippen LogP contribution in [0.4, 0.5) is 10.3 Å².